The summed E-state index contributed by atoms with van der Waals surface area (Å²) < 4.78 is 0.911. The lowest BCUT2D eigenvalue weighted by atomic mass is 10.1. The summed E-state index contributed by atoms with van der Waals surface area (Å²) in [4.78, 5) is 21.7. The van der Waals surface area contributed by atoms with Crippen LogP contribution in [0.1, 0.15) is 5.56 Å². The Balaban J connectivity index is 2.45. The summed E-state index contributed by atoms with van der Waals surface area (Å²) in [6.07, 6.45) is 5.53. The molecule has 0 saturated carbocycles. The van der Waals surface area contributed by atoms with Crippen molar-refractivity contribution in [1.82, 2.24) is 0 Å². The van der Waals surface area contributed by atoms with E-state index in [2.05, 4.69) is 4.99 Å². The van der Waals surface area contributed by atoms with E-state index in [1.807, 2.05) is 36.8 Å². The highest BCUT2D eigenvalue weighted by atomic mass is 32.2. The number of carbonyl (C=O) groups is 1. The smallest absolute Gasteiger partial charge is 0.269 e. The van der Waals surface area contributed by atoms with Crippen molar-refractivity contribution in [3.63, 3.8) is 0 Å². The average Bonchev–Trinajstić information content (AvgIpc) is 2.72. The van der Waals surface area contributed by atoms with Gasteiger partial charge in [0, 0.05) is 11.8 Å². The number of amides is 1. The van der Waals surface area contributed by atoms with Crippen LogP contribution in [0.4, 0.5) is 5.69 Å². The topological polar surface area (TPSA) is 41.9 Å². The van der Waals surface area contributed by atoms with Crippen molar-refractivity contribution in [1.29, 1.82) is 0 Å². The Hall–Kier alpha value is -1.24. The number of hydrogen-bond donors (Lipinski definition) is 0. The van der Waals surface area contributed by atoms with Crippen molar-refractivity contribution in [2.75, 3.05) is 24.7 Å². The van der Waals surface area contributed by atoms with Crippen LogP contribution in [0.15, 0.2) is 35.5 Å². The lowest BCUT2D eigenvalue weighted by Gasteiger charge is -2.12. The molecule has 0 fully saturated rings. The number of nitrogens with zero attached hydrogens (tertiary/aromatic N) is 2. The zero-order valence-electron chi connectivity index (χ0n) is 10.9. The van der Waals surface area contributed by atoms with Crippen LogP contribution in [0.5, 0.6) is 0 Å². The standard InChI is InChI=1S/C13H14N2O2S2/c1-17-15-11-7-5-4-6-9(11)10(12(15)16)8-14-13(18-2)19-3/h4-8H,1-3H3/b10-8+. The second kappa shape index (κ2) is 6.27. The maximum Gasteiger partial charge on any atom is 0.284 e. The van der Waals surface area contributed by atoms with Gasteiger partial charge >= 0.3 is 0 Å². The minimum atomic E-state index is -0.186. The first-order valence-electron chi connectivity index (χ1n) is 5.56. The summed E-state index contributed by atoms with van der Waals surface area (Å²) in [7, 11) is 1.48. The number of rotatable bonds is 2. The number of anilines is 1. The van der Waals surface area contributed by atoms with E-state index in [4.69, 9.17) is 4.84 Å². The summed E-state index contributed by atoms with van der Waals surface area (Å²) in [6, 6.07) is 7.52. The van der Waals surface area contributed by atoms with Crippen molar-refractivity contribution >= 4 is 45.1 Å². The van der Waals surface area contributed by atoms with Crippen LogP contribution in [-0.2, 0) is 9.63 Å². The first kappa shape index (κ1) is 14.2. The molecular formula is C13H14N2O2S2. The highest BCUT2D eigenvalue weighted by Gasteiger charge is 2.32. The minimum absolute atomic E-state index is 0.186. The summed E-state index contributed by atoms with van der Waals surface area (Å²) in [5, 5.41) is 1.29. The maximum absolute atomic E-state index is 12.2. The monoisotopic (exact) mass is 294 g/mol. The highest BCUT2D eigenvalue weighted by molar-refractivity contribution is 8.38. The maximum atomic E-state index is 12.2. The van der Waals surface area contributed by atoms with E-state index in [0.29, 0.717) is 5.57 Å². The van der Waals surface area contributed by atoms with Crippen LogP contribution >= 0.6 is 23.5 Å². The van der Waals surface area contributed by atoms with Crippen molar-refractivity contribution in [3.8, 4) is 0 Å². The van der Waals surface area contributed by atoms with Crippen molar-refractivity contribution in [2.45, 2.75) is 0 Å². The molecule has 1 aromatic rings. The zero-order chi connectivity index (χ0) is 13.8. The zero-order valence-corrected chi connectivity index (χ0v) is 12.5. The van der Waals surface area contributed by atoms with Gasteiger partial charge in [0.1, 0.15) is 4.38 Å². The molecule has 0 atom stereocenters. The summed E-state index contributed by atoms with van der Waals surface area (Å²) in [5.74, 6) is -0.186. The van der Waals surface area contributed by atoms with E-state index in [1.165, 1.54) is 12.2 Å². The third-order valence-corrected chi connectivity index (χ3v) is 4.57. The third kappa shape index (κ3) is 2.70. The van der Waals surface area contributed by atoms with Crippen LogP contribution in [0.2, 0.25) is 0 Å². The number of hydrogen-bond acceptors (Lipinski definition) is 5. The Morgan fingerprint density at radius 3 is 2.63 bits per heavy atom. The van der Waals surface area contributed by atoms with E-state index >= 15 is 0 Å². The van der Waals surface area contributed by atoms with Gasteiger partial charge in [-0.25, -0.2) is 4.99 Å². The molecule has 0 aliphatic carbocycles. The van der Waals surface area contributed by atoms with Gasteiger partial charge in [-0.3, -0.25) is 9.63 Å². The third-order valence-electron chi connectivity index (χ3n) is 2.66. The molecule has 0 bridgehead atoms. The SMILES string of the molecule is CON1C(=O)/C(=C/N=C(SC)SC)c2ccccc21. The molecule has 0 spiro atoms. The summed E-state index contributed by atoms with van der Waals surface area (Å²) >= 11 is 3.11. The van der Waals surface area contributed by atoms with Crippen LogP contribution in [0.25, 0.3) is 5.57 Å². The molecule has 4 nitrogen and oxygen atoms in total. The summed E-state index contributed by atoms with van der Waals surface area (Å²) in [6.45, 7) is 0. The van der Waals surface area contributed by atoms with Crippen molar-refractivity contribution < 1.29 is 9.63 Å². The Kier molecular flexibility index (Phi) is 4.68. The molecule has 1 aliphatic rings. The average molecular weight is 294 g/mol. The molecule has 1 aromatic carbocycles. The molecule has 1 aliphatic heterocycles. The fourth-order valence-corrected chi connectivity index (χ4v) is 2.81. The van der Waals surface area contributed by atoms with E-state index in [1.54, 1.807) is 29.7 Å². The number of thioether (sulfide) groups is 2. The van der Waals surface area contributed by atoms with Crippen molar-refractivity contribution in [3.05, 3.63) is 36.0 Å². The number of para-hydroxylation sites is 1. The van der Waals surface area contributed by atoms with Crippen LogP contribution in [0.3, 0.4) is 0 Å². The molecule has 0 saturated heterocycles. The van der Waals surface area contributed by atoms with E-state index < -0.39 is 0 Å². The second-order valence-corrected chi connectivity index (χ2v) is 5.49. The van der Waals surface area contributed by atoms with Gasteiger partial charge in [-0.05, 0) is 18.6 Å². The minimum Gasteiger partial charge on any atom is -0.269 e. The summed E-state index contributed by atoms with van der Waals surface area (Å²) in [5.41, 5.74) is 2.16. The number of hydroxylamine groups is 1. The van der Waals surface area contributed by atoms with Gasteiger partial charge in [0.15, 0.2) is 0 Å². The fraction of sp³-hybridized carbons (Fsp3) is 0.231. The van der Waals surface area contributed by atoms with Gasteiger partial charge in [-0.1, -0.05) is 18.2 Å². The Labute approximate surface area is 120 Å². The predicted molar refractivity (Wildman–Crippen MR) is 83.4 cm³/mol. The molecule has 1 heterocycles. The van der Waals surface area contributed by atoms with Gasteiger partial charge in [-0.15, -0.1) is 23.5 Å². The second-order valence-electron chi connectivity index (χ2n) is 3.65. The fourth-order valence-electron chi connectivity index (χ4n) is 1.82. The van der Waals surface area contributed by atoms with Gasteiger partial charge in [-0.2, -0.15) is 5.06 Å². The van der Waals surface area contributed by atoms with Crippen LogP contribution in [-0.4, -0.2) is 29.9 Å². The normalized spacial score (nSPS) is 15.8. The molecule has 1 amide bonds. The largest absolute Gasteiger partial charge is 0.284 e. The Morgan fingerprint density at radius 2 is 2.00 bits per heavy atom. The number of benzene rings is 1. The number of aliphatic imine (C=N–C) groups is 1. The Bertz CT molecular complexity index is 549. The first-order chi connectivity index (χ1) is 9.22. The van der Waals surface area contributed by atoms with E-state index in [-0.39, 0.29) is 5.91 Å². The molecule has 0 N–H and O–H groups in total. The molecule has 2 rings (SSSR count). The molecule has 100 valence electrons. The van der Waals surface area contributed by atoms with Gasteiger partial charge in [0.25, 0.3) is 5.91 Å². The quantitative estimate of drug-likeness (QED) is 0.478. The molecule has 0 unspecified atom stereocenters. The molecule has 0 aromatic heterocycles. The lowest BCUT2D eigenvalue weighted by Crippen LogP contribution is -2.24. The van der Waals surface area contributed by atoms with E-state index in [0.717, 1.165) is 15.6 Å². The first-order valence-corrected chi connectivity index (χ1v) is 8.01. The Morgan fingerprint density at radius 1 is 1.32 bits per heavy atom. The number of fused-ring (bicyclic) bond motifs is 1. The molecular weight excluding hydrogens is 280 g/mol. The van der Waals surface area contributed by atoms with Crippen LogP contribution < -0.4 is 5.06 Å². The van der Waals surface area contributed by atoms with Gasteiger partial charge in [0.2, 0.25) is 0 Å². The van der Waals surface area contributed by atoms with Gasteiger partial charge < -0.3 is 0 Å². The molecule has 0 radical (unpaired) electrons. The predicted octanol–water partition coefficient (Wildman–Crippen LogP) is 3.02. The molecule has 6 heteroatoms. The van der Waals surface area contributed by atoms with Crippen molar-refractivity contribution in [2.24, 2.45) is 4.99 Å². The highest BCUT2D eigenvalue weighted by Crippen LogP contribution is 2.36. The van der Waals surface area contributed by atoms with Crippen LogP contribution in [0, 0.1) is 0 Å². The number of carbonyl (C=O) groups excluding carboxylic acids is 1. The van der Waals surface area contributed by atoms with E-state index in [9.17, 15) is 4.79 Å². The molecule has 19 heavy (non-hydrogen) atoms. The van der Waals surface area contributed by atoms with Gasteiger partial charge in [0.05, 0.1) is 18.4 Å². The lowest BCUT2D eigenvalue weighted by molar-refractivity contribution is -0.118.